The van der Waals surface area contributed by atoms with E-state index >= 15 is 0 Å². The quantitative estimate of drug-likeness (QED) is 0.876. The van der Waals surface area contributed by atoms with Crippen molar-refractivity contribution in [1.82, 2.24) is 0 Å². The molecule has 0 saturated heterocycles. The summed E-state index contributed by atoms with van der Waals surface area (Å²) < 4.78 is 16.4. The van der Waals surface area contributed by atoms with Crippen LogP contribution in [0.5, 0.6) is 23.0 Å². The van der Waals surface area contributed by atoms with E-state index in [9.17, 15) is 5.11 Å². The Balaban J connectivity index is 2.46. The average Bonchev–Trinajstić information content (AvgIpc) is 2.50. The number of benzene rings is 2. The minimum atomic E-state index is 0.197. The number of hydrogen-bond donors (Lipinski definition) is 1. The fraction of sp³-hybridized carbons (Fsp3) is 0.294. The highest BCUT2D eigenvalue weighted by atomic mass is 16.5. The number of aromatic hydroxyl groups is 1. The minimum Gasteiger partial charge on any atom is -0.507 e. The SMILES string of the molecule is CCOc1ccc(-c2cc(OC)ccc2O)cc1OCC. The lowest BCUT2D eigenvalue weighted by atomic mass is 10.0. The molecule has 21 heavy (non-hydrogen) atoms. The van der Waals surface area contributed by atoms with E-state index in [2.05, 4.69) is 0 Å². The van der Waals surface area contributed by atoms with Crippen molar-refractivity contribution in [2.45, 2.75) is 13.8 Å². The average molecular weight is 288 g/mol. The van der Waals surface area contributed by atoms with Gasteiger partial charge in [0.2, 0.25) is 0 Å². The van der Waals surface area contributed by atoms with Crippen LogP contribution in [-0.2, 0) is 0 Å². The van der Waals surface area contributed by atoms with Crippen molar-refractivity contribution < 1.29 is 19.3 Å². The maximum Gasteiger partial charge on any atom is 0.161 e. The van der Waals surface area contributed by atoms with Crippen molar-refractivity contribution in [1.29, 1.82) is 0 Å². The molecule has 2 aromatic rings. The molecule has 0 aromatic heterocycles. The fourth-order valence-corrected chi connectivity index (χ4v) is 2.09. The van der Waals surface area contributed by atoms with Gasteiger partial charge >= 0.3 is 0 Å². The zero-order chi connectivity index (χ0) is 15.2. The van der Waals surface area contributed by atoms with Gasteiger partial charge in [-0.05, 0) is 49.7 Å². The molecule has 0 saturated carbocycles. The molecule has 0 aliphatic carbocycles. The first-order chi connectivity index (χ1) is 10.2. The molecular formula is C17H20O4. The first kappa shape index (κ1) is 15.0. The van der Waals surface area contributed by atoms with Crippen LogP contribution in [0.1, 0.15) is 13.8 Å². The predicted octanol–water partition coefficient (Wildman–Crippen LogP) is 3.87. The number of methoxy groups -OCH3 is 1. The van der Waals surface area contributed by atoms with Crippen molar-refractivity contribution in [3.8, 4) is 34.1 Å². The normalized spacial score (nSPS) is 10.2. The topological polar surface area (TPSA) is 47.9 Å². The fourth-order valence-electron chi connectivity index (χ4n) is 2.09. The molecule has 0 aliphatic heterocycles. The zero-order valence-electron chi connectivity index (χ0n) is 12.6. The van der Waals surface area contributed by atoms with Crippen LogP contribution in [0, 0.1) is 0 Å². The van der Waals surface area contributed by atoms with E-state index in [0.29, 0.717) is 36.0 Å². The number of ether oxygens (including phenoxy) is 3. The Morgan fingerprint density at radius 1 is 0.905 bits per heavy atom. The van der Waals surface area contributed by atoms with Gasteiger partial charge in [-0.1, -0.05) is 6.07 Å². The molecule has 1 N–H and O–H groups in total. The molecule has 0 spiro atoms. The molecule has 4 nitrogen and oxygen atoms in total. The lowest BCUT2D eigenvalue weighted by Gasteiger charge is -2.13. The van der Waals surface area contributed by atoms with Gasteiger partial charge in [-0.2, -0.15) is 0 Å². The first-order valence-electron chi connectivity index (χ1n) is 6.96. The van der Waals surface area contributed by atoms with Crippen molar-refractivity contribution in [3.63, 3.8) is 0 Å². The van der Waals surface area contributed by atoms with Gasteiger partial charge in [-0.25, -0.2) is 0 Å². The lowest BCUT2D eigenvalue weighted by Crippen LogP contribution is -1.98. The summed E-state index contributed by atoms with van der Waals surface area (Å²) in [5.41, 5.74) is 1.54. The molecule has 112 valence electrons. The molecule has 2 aromatic carbocycles. The number of phenolic OH excluding ortho intramolecular Hbond substituents is 1. The number of hydrogen-bond acceptors (Lipinski definition) is 4. The van der Waals surface area contributed by atoms with Crippen molar-refractivity contribution in [2.75, 3.05) is 20.3 Å². The monoisotopic (exact) mass is 288 g/mol. The third-order valence-corrected chi connectivity index (χ3v) is 3.06. The van der Waals surface area contributed by atoms with Crippen LogP contribution in [0.2, 0.25) is 0 Å². The van der Waals surface area contributed by atoms with Gasteiger partial charge in [-0.15, -0.1) is 0 Å². The third-order valence-electron chi connectivity index (χ3n) is 3.06. The summed E-state index contributed by atoms with van der Waals surface area (Å²) in [5, 5.41) is 10.0. The second kappa shape index (κ2) is 6.88. The van der Waals surface area contributed by atoms with Crippen LogP contribution in [0.3, 0.4) is 0 Å². The molecule has 0 heterocycles. The zero-order valence-corrected chi connectivity index (χ0v) is 12.6. The van der Waals surface area contributed by atoms with Crippen LogP contribution in [0.15, 0.2) is 36.4 Å². The smallest absolute Gasteiger partial charge is 0.161 e. The second-order valence-corrected chi connectivity index (χ2v) is 4.41. The maximum absolute atomic E-state index is 10.0. The van der Waals surface area contributed by atoms with E-state index in [-0.39, 0.29) is 5.75 Å². The van der Waals surface area contributed by atoms with Gasteiger partial charge in [0.25, 0.3) is 0 Å². The Morgan fingerprint density at radius 3 is 2.29 bits per heavy atom. The van der Waals surface area contributed by atoms with Crippen LogP contribution in [-0.4, -0.2) is 25.4 Å². The summed E-state index contributed by atoms with van der Waals surface area (Å²) in [5.74, 6) is 2.25. The third kappa shape index (κ3) is 3.40. The molecule has 2 rings (SSSR count). The molecule has 0 unspecified atom stereocenters. The Labute approximate surface area is 124 Å². The maximum atomic E-state index is 10.0. The second-order valence-electron chi connectivity index (χ2n) is 4.41. The molecule has 4 heteroatoms. The highest BCUT2D eigenvalue weighted by Gasteiger charge is 2.11. The van der Waals surface area contributed by atoms with Crippen LogP contribution < -0.4 is 14.2 Å². The van der Waals surface area contributed by atoms with Gasteiger partial charge in [0, 0.05) is 5.56 Å². The number of rotatable bonds is 6. The summed E-state index contributed by atoms with van der Waals surface area (Å²) in [6.45, 7) is 4.97. The van der Waals surface area contributed by atoms with Gasteiger partial charge < -0.3 is 19.3 Å². The van der Waals surface area contributed by atoms with Crippen LogP contribution in [0.4, 0.5) is 0 Å². The highest BCUT2D eigenvalue weighted by Crippen LogP contribution is 2.37. The summed E-state index contributed by atoms with van der Waals surface area (Å²) in [4.78, 5) is 0. The van der Waals surface area contributed by atoms with Crippen molar-refractivity contribution in [3.05, 3.63) is 36.4 Å². The van der Waals surface area contributed by atoms with Crippen molar-refractivity contribution in [2.24, 2.45) is 0 Å². The number of phenols is 1. The lowest BCUT2D eigenvalue weighted by molar-refractivity contribution is 0.288. The Kier molecular flexibility index (Phi) is 4.93. The van der Waals surface area contributed by atoms with Gasteiger partial charge in [0.15, 0.2) is 11.5 Å². The van der Waals surface area contributed by atoms with E-state index in [1.165, 1.54) is 0 Å². The summed E-state index contributed by atoms with van der Waals surface area (Å²) in [7, 11) is 1.60. The standard InChI is InChI=1S/C17H20O4/c1-4-20-16-9-6-12(10-17(16)21-5-2)14-11-13(19-3)7-8-15(14)18/h6-11,18H,4-5H2,1-3H3. The van der Waals surface area contributed by atoms with E-state index in [1.807, 2.05) is 32.0 Å². The largest absolute Gasteiger partial charge is 0.507 e. The van der Waals surface area contributed by atoms with Crippen LogP contribution >= 0.6 is 0 Å². The van der Waals surface area contributed by atoms with Gasteiger partial charge in [-0.3, -0.25) is 0 Å². The molecular weight excluding hydrogens is 268 g/mol. The Morgan fingerprint density at radius 2 is 1.62 bits per heavy atom. The van der Waals surface area contributed by atoms with E-state index in [1.54, 1.807) is 25.3 Å². The minimum absolute atomic E-state index is 0.197. The molecule has 0 aliphatic rings. The van der Waals surface area contributed by atoms with Gasteiger partial charge in [0.1, 0.15) is 11.5 Å². The summed E-state index contributed by atoms with van der Waals surface area (Å²) in [6, 6.07) is 10.7. The molecule has 0 radical (unpaired) electrons. The predicted molar refractivity (Wildman–Crippen MR) is 82.4 cm³/mol. The van der Waals surface area contributed by atoms with E-state index in [0.717, 1.165) is 5.56 Å². The van der Waals surface area contributed by atoms with Gasteiger partial charge in [0.05, 0.1) is 20.3 Å². The Hall–Kier alpha value is -2.36. The van der Waals surface area contributed by atoms with E-state index in [4.69, 9.17) is 14.2 Å². The summed E-state index contributed by atoms with van der Waals surface area (Å²) in [6.07, 6.45) is 0. The molecule has 0 bridgehead atoms. The van der Waals surface area contributed by atoms with Crippen LogP contribution in [0.25, 0.3) is 11.1 Å². The first-order valence-corrected chi connectivity index (χ1v) is 6.96. The molecule has 0 atom stereocenters. The summed E-state index contributed by atoms with van der Waals surface area (Å²) >= 11 is 0. The Bertz CT molecular complexity index is 608. The molecule has 0 fully saturated rings. The molecule has 0 amide bonds. The van der Waals surface area contributed by atoms with E-state index < -0.39 is 0 Å². The highest BCUT2D eigenvalue weighted by molar-refractivity contribution is 5.73. The van der Waals surface area contributed by atoms with Crippen molar-refractivity contribution >= 4 is 0 Å².